The Bertz CT molecular complexity index is 512. The minimum atomic E-state index is -4.12. The summed E-state index contributed by atoms with van der Waals surface area (Å²) in [5, 5.41) is 0. The van der Waals surface area contributed by atoms with E-state index in [1.54, 1.807) is 6.07 Å². The molecule has 0 radical (unpaired) electrons. The summed E-state index contributed by atoms with van der Waals surface area (Å²) in [6, 6.07) is 5.04. The van der Waals surface area contributed by atoms with E-state index in [2.05, 4.69) is 0 Å². The zero-order valence-electron chi connectivity index (χ0n) is 11.9. The summed E-state index contributed by atoms with van der Waals surface area (Å²) >= 11 is 5.62. The second kappa shape index (κ2) is 8.65. The molecule has 0 heterocycles. The first-order valence-electron chi connectivity index (χ1n) is 7.08. The molecule has 0 aliphatic heterocycles. The maximum Gasteiger partial charge on any atom is 0.294 e. The van der Waals surface area contributed by atoms with E-state index < -0.39 is 10.1 Å². The molecule has 0 saturated heterocycles. The van der Waals surface area contributed by atoms with Gasteiger partial charge in [0.25, 0.3) is 10.1 Å². The number of alkyl halides is 1. The number of aryl methyl sites for hydroxylation is 2. The van der Waals surface area contributed by atoms with Crippen LogP contribution in [0.4, 0.5) is 0 Å². The van der Waals surface area contributed by atoms with Crippen LogP contribution in [0, 0.1) is 6.92 Å². The van der Waals surface area contributed by atoms with Gasteiger partial charge in [-0.3, -0.25) is 4.55 Å². The molecule has 114 valence electrons. The predicted octanol–water partition coefficient (Wildman–Crippen LogP) is 4.36. The Hall–Kier alpha value is -0.580. The van der Waals surface area contributed by atoms with Crippen LogP contribution in [0.1, 0.15) is 49.7 Å². The molecule has 0 aliphatic rings. The number of halogens is 1. The molecule has 0 aromatic heterocycles. The molecule has 0 amide bonds. The summed E-state index contributed by atoms with van der Waals surface area (Å²) in [5.74, 6) is 0.723. The molecule has 0 saturated carbocycles. The predicted molar refractivity (Wildman–Crippen MR) is 83.1 cm³/mol. The van der Waals surface area contributed by atoms with Gasteiger partial charge in [0.1, 0.15) is 0 Å². The second-order valence-corrected chi connectivity index (χ2v) is 6.91. The van der Waals surface area contributed by atoms with Gasteiger partial charge in [-0.05, 0) is 37.8 Å². The van der Waals surface area contributed by atoms with Crippen molar-refractivity contribution in [3.05, 3.63) is 29.3 Å². The first-order chi connectivity index (χ1) is 9.45. The Kier molecular flexibility index (Phi) is 7.56. The largest absolute Gasteiger partial charge is 0.294 e. The van der Waals surface area contributed by atoms with Crippen LogP contribution in [0.2, 0.25) is 0 Å². The van der Waals surface area contributed by atoms with Crippen molar-refractivity contribution in [2.45, 2.75) is 56.8 Å². The quantitative estimate of drug-likeness (QED) is 0.418. The lowest BCUT2D eigenvalue weighted by Crippen LogP contribution is -2.03. The number of rotatable bonds is 9. The molecular formula is C15H23ClO3S. The van der Waals surface area contributed by atoms with E-state index in [1.165, 1.54) is 12.5 Å². The lowest BCUT2D eigenvalue weighted by molar-refractivity contribution is 0.481. The molecule has 1 N–H and O–H groups in total. The lowest BCUT2D eigenvalue weighted by atomic mass is 10.0. The van der Waals surface area contributed by atoms with Crippen molar-refractivity contribution in [3.63, 3.8) is 0 Å². The third-order valence-electron chi connectivity index (χ3n) is 3.32. The molecule has 0 fully saturated rings. The van der Waals surface area contributed by atoms with Crippen LogP contribution < -0.4 is 0 Å². The molecule has 0 unspecified atom stereocenters. The monoisotopic (exact) mass is 318 g/mol. The van der Waals surface area contributed by atoms with Gasteiger partial charge in [0.15, 0.2) is 0 Å². The molecule has 0 aliphatic carbocycles. The van der Waals surface area contributed by atoms with E-state index >= 15 is 0 Å². The highest BCUT2D eigenvalue weighted by Crippen LogP contribution is 2.20. The molecule has 0 atom stereocenters. The maximum atomic E-state index is 11.3. The molecular weight excluding hydrogens is 296 g/mol. The highest BCUT2D eigenvalue weighted by molar-refractivity contribution is 7.85. The summed E-state index contributed by atoms with van der Waals surface area (Å²) in [7, 11) is -4.12. The fourth-order valence-corrected chi connectivity index (χ4v) is 3.19. The van der Waals surface area contributed by atoms with Gasteiger partial charge >= 0.3 is 0 Å². The minimum Gasteiger partial charge on any atom is -0.282 e. The molecule has 0 spiro atoms. The van der Waals surface area contributed by atoms with Crippen LogP contribution in [0.3, 0.4) is 0 Å². The van der Waals surface area contributed by atoms with Gasteiger partial charge in [0.2, 0.25) is 0 Å². The van der Waals surface area contributed by atoms with Crippen molar-refractivity contribution in [2.75, 3.05) is 5.88 Å². The highest BCUT2D eigenvalue weighted by atomic mass is 35.5. The maximum absolute atomic E-state index is 11.3. The van der Waals surface area contributed by atoms with Crippen LogP contribution >= 0.6 is 11.6 Å². The minimum absolute atomic E-state index is 0.0465. The molecule has 20 heavy (non-hydrogen) atoms. The van der Waals surface area contributed by atoms with Crippen molar-refractivity contribution in [1.82, 2.24) is 0 Å². The lowest BCUT2D eigenvalue weighted by Gasteiger charge is -2.08. The summed E-state index contributed by atoms with van der Waals surface area (Å²) in [5.41, 5.74) is 1.72. The summed E-state index contributed by atoms with van der Waals surface area (Å²) in [6.07, 6.45) is 7.23. The van der Waals surface area contributed by atoms with Crippen molar-refractivity contribution >= 4 is 21.7 Å². The average Bonchev–Trinajstić information content (AvgIpc) is 2.36. The number of unbranched alkanes of at least 4 members (excludes halogenated alkanes) is 5. The summed E-state index contributed by atoms with van der Waals surface area (Å²) < 4.78 is 31.9. The van der Waals surface area contributed by atoms with Crippen LogP contribution in [0.25, 0.3) is 0 Å². The van der Waals surface area contributed by atoms with Crippen LogP contribution in [0.15, 0.2) is 23.1 Å². The third-order valence-corrected chi connectivity index (χ3v) is 4.54. The van der Waals surface area contributed by atoms with Crippen LogP contribution in [0.5, 0.6) is 0 Å². The van der Waals surface area contributed by atoms with E-state index in [1.807, 2.05) is 13.0 Å². The average molecular weight is 319 g/mol. The van der Waals surface area contributed by atoms with Gasteiger partial charge in [-0.15, -0.1) is 11.6 Å². The summed E-state index contributed by atoms with van der Waals surface area (Å²) in [4.78, 5) is 0.0465. The SMILES string of the molecule is Cc1ccc(S(=O)(=O)O)c(CCCCCCCCCl)c1. The smallest absolute Gasteiger partial charge is 0.282 e. The number of hydrogen-bond acceptors (Lipinski definition) is 2. The van der Waals surface area contributed by atoms with E-state index in [0.717, 1.165) is 43.5 Å². The van der Waals surface area contributed by atoms with E-state index in [-0.39, 0.29) is 4.90 Å². The number of hydrogen-bond donors (Lipinski definition) is 1. The second-order valence-electron chi connectivity index (χ2n) is 5.15. The van der Waals surface area contributed by atoms with Crippen LogP contribution in [-0.2, 0) is 16.5 Å². The zero-order valence-corrected chi connectivity index (χ0v) is 13.5. The van der Waals surface area contributed by atoms with Crippen molar-refractivity contribution < 1.29 is 13.0 Å². The normalized spacial score (nSPS) is 11.8. The van der Waals surface area contributed by atoms with Crippen LogP contribution in [-0.4, -0.2) is 18.9 Å². The standard InChI is InChI=1S/C15H23ClO3S/c1-13-9-10-15(20(17,18)19)14(12-13)8-6-4-2-3-5-7-11-16/h9-10,12H,2-8,11H2,1H3,(H,17,18,19). The van der Waals surface area contributed by atoms with Crippen molar-refractivity contribution in [1.29, 1.82) is 0 Å². The van der Waals surface area contributed by atoms with Gasteiger partial charge < -0.3 is 0 Å². The Morgan fingerprint density at radius 1 is 1.05 bits per heavy atom. The van der Waals surface area contributed by atoms with Gasteiger partial charge in [0.05, 0.1) is 4.90 Å². The molecule has 5 heteroatoms. The van der Waals surface area contributed by atoms with Gasteiger partial charge in [0, 0.05) is 5.88 Å². The highest BCUT2D eigenvalue weighted by Gasteiger charge is 2.14. The van der Waals surface area contributed by atoms with Gasteiger partial charge in [-0.1, -0.05) is 43.4 Å². The first kappa shape index (κ1) is 17.5. The first-order valence-corrected chi connectivity index (χ1v) is 9.05. The van der Waals surface area contributed by atoms with Gasteiger partial charge in [-0.2, -0.15) is 8.42 Å². The Morgan fingerprint density at radius 3 is 2.25 bits per heavy atom. The van der Waals surface area contributed by atoms with E-state index in [4.69, 9.17) is 11.6 Å². The molecule has 1 aromatic rings. The van der Waals surface area contributed by atoms with E-state index in [9.17, 15) is 13.0 Å². The van der Waals surface area contributed by atoms with Crippen molar-refractivity contribution in [3.8, 4) is 0 Å². The Labute approximate surface area is 127 Å². The Balaban J connectivity index is 2.49. The molecule has 3 nitrogen and oxygen atoms in total. The van der Waals surface area contributed by atoms with Gasteiger partial charge in [-0.25, -0.2) is 0 Å². The third kappa shape index (κ3) is 6.25. The molecule has 1 aromatic carbocycles. The number of benzene rings is 1. The molecule has 1 rings (SSSR count). The zero-order chi connectivity index (χ0) is 15.0. The fourth-order valence-electron chi connectivity index (χ4n) is 2.27. The summed E-state index contributed by atoms with van der Waals surface area (Å²) in [6.45, 7) is 1.92. The van der Waals surface area contributed by atoms with Crippen molar-refractivity contribution in [2.24, 2.45) is 0 Å². The van der Waals surface area contributed by atoms with E-state index in [0.29, 0.717) is 12.0 Å². The topological polar surface area (TPSA) is 54.4 Å². The fraction of sp³-hybridized carbons (Fsp3) is 0.600. The Morgan fingerprint density at radius 2 is 1.65 bits per heavy atom. The molecule has 0 bridgehead atoms.